The van der Waals surface area contributed by atoms with Gasteiger partial charge in [-0.25, -0.2) is 4.39 Å². The number of carbonyl (C=O) groups excluding carboxylic acids is 1. The fourth-order valence-corrected chi connectivity index (χ4v) is 3.20. The van der Waals surface area contributed by atoms with Crippen LogP contribution < -0.4 is 5.32 Å². The molecule has 1 aromatic carbocycles. The van der Waals surface area contributed by atoms with Gasteiger partial charge in [-0.1, -0.05) is 25.4 Å². The number of furan rings is 1. The number of H-pyrrole nitrogens is 1. The van der Waals surface area contributed by atoms with Gasteiger partial charge in [0.25, 0.3) is 5.91 Å². The van der Waals surface area contributed by atoms with Crippen LogP contribution in [0.3, 0.4) is 0 Å². The predicted molar refractivity (Wildman–Crippen MR) is 105 cm³/mol. The first-order valence-corrected chi connectivity index (χ1v) is 9.43. The highest BCUT2D eigenvalue weighted by molar-refractivity contribution is 6.31. The van der Waals surface area contributed by atoms with Gasteiger partial charge >= 0.3 is 0 Å². The first kappa shape index (κ1) is 19.5. The molecule has 3 aromatic rings. The lowest BCUT2D eigenvalue weighted by atomic mass is 10.1. The van der Waals surface area contributed by atoms with Gasteiger partial charge in [0.05, 0.1) is 11.6 Å². The molecule has 2 N–H and O–H groups in total. The van der Waals surface area contributed by atoms with E-state index in [1.165, 1.54) is 6.07 Å². The van der Waals surface area contributed by atoms with Gasteiger partial charge in [0.1, 0.15) is 11.6 Å². The number of hydrogen-bond acceptors (Lipinski definition) is 3. The molecule has 0 aliphatic carbocycles. The highest BCUT2D eigenvalue weighted by Gasteiger charge is 2.13. The summed E-state index contributed by atoms with van der Waals surface area (Å²) in [7, 11) is 0. The van der Waals surface area contributed by atoms with Crippen LogP contribution >= 0.6 is 11.6 Å². The van der Waals surface area contributed by atoms with Crippen LogP contribution in [0.25, 0.3) is 10.9 Å². The molecule has 1 amide bonds. The van der Waals surface area contributed by atoms with Gasteiger partial charge in [-0.05, 0) is 49.3 Å². The highest BCUT2D eigenvalue weighted by Crippen LogP contribution is 2.25. The van der Waals surface area contributed by atoms with E-state index in [1.54, 1.807) is 12.1 Å². The molecule has 2 heterocycles. The third-order valence-corrected chi connectivity index (χ3v) is 4.94. The first-order valence-electron chi connectivity index (χ1n) is 9.06. The number of fused-ring (bicyclic) bond motifs is 1. The number of halogens is 2. The van der Waals surface area contributed by atoms with Gasteiger partial charge in [-0.2, -0.15) is 0 Å². The molecule has 2 aromatic heterocycles. The van der Waals surface area contributed by atoms with Gasteiger partial charge in [-0.3, -0.25) is 9.69 Å². The quantitative estimate of drug-likeness (QED) is 0.599. The summed E-state index contributed by atoms with van der Waals surface area (Å²) in [5, 5.41) is 3.80. The minimum absolute atomic E-state index is 0.0868. The molecule has 0 unspecified atom stereocenters. The average molecular weight is 392 g/mol. The summed E-state index contributed by atoms with van der Waals surface area (Å²) < 4.78 is 19.2. The van der Waals surface area contributed by atoms with Crippen molar-refractivity contribution in [1.82, 2.24) is 15.2 Å². The standard InChI is InChI=1S/C20H23ClFN3O2/c1-3-25(4-2)12-14-5-6-19(27-14)20(26)23-8-7-13-11-24-18-10-17(22)16(21)9-15(13)18/h5-6,9-11,24H,3-4,7-8,12H2,1-2H3,(H,23,26). The Bertz CT molecular complexity index is 931. The van der Waals surface area contributed by atoms with Crippen molar-refractivity contribution in [3.05, 3.63) is 58.4 Å². The Morgan fingerprint density at radius 1 is 1.30 bits per heavy atom. The number of aromatic amines is 1. The molecule has 5 nitrogen and oxygen atoms in total. The topological polar surface area (TPSA) is 61.3 Å². The molecular weight excluding hydrogens is 369 g/mol. The Labute approximate surface area is 162 Å². The highest BCUT2D eigenvalue weighted by atomic mass is 35.5. The van der Waals surface area contributed by atoms with Gasteiger partial charge < -0.3 is 14.7 Å². The number of benzene rings is 1. The Morgan fingerprint density at radius 2 is 2.07 bits per heavy atom. The number of nitrogens with one attached hydrogen (secondary N) is 2. The number of hydrogen-bond donors (Lipinski definition) is 2. The number of aromatic nitrogens is 1. The second-order valence-electron chi connectivity index (χ2n) is 6.36. The summed E-state index contributed by atoms with van der Waals surface area (Å²) in [6, 6.07) is 6.51. The van der Waals surface area contributed by atoms with Crippen LogP contribution in [0.15, 0.2) is 34.9 Å². The Hall–Kier alpha value is -2.31. The second kappa shape index (κ2) is 8.59. The van der Waals surface area contributed by atoms with Crippen molar-refractivity contribution in [3.8, 4) is 0 Å². The molecule has 27 heavy (non-hydrogen) atoms. The molecule has 0 saturated heterocycles. The SMILES string of the molecule is CCN(CC)Cc1ccc(C(=O)NCCc2c[nH]c3cc(F)c(Cl)cc23)o1. The predicted octanol–water partition coefficient (Wildman–Crippen LogP) is 4.37. The maximum Gasteiger partial charge on any atom is 0.287 e. The molecule has 0 bridgehead atoms. The van der Waals surface area contributed by atoms with Crippen LogP contribution in [0.1, 0.15) is 35.7 Å². The fourth-order valence-electron chi connectivity index (χ4n) is 3.03. The normalized spacial score (nSPS) is 11.4. The molecule has 3 rings (SSSR count). The van der Waals surface area contributed by atoms with Crippen molar-refractivity contribution >= 4 is 28.4 Å². The van der Waals surface area contributed by atoms with Gasteiger partial charge in [0.2, 0.25) is 0 Å². The maximum absolute atomic E-state index is 13.5. The lowest BCUT2D eigenvalue weighted by Gasteiger charge is -2.15. The van der Waals surface area contributed by atoms with E-state index < -0.39 is 5.82 Å². The molecule has 0 spiro atoms. The van der Waals surface area contributed by atoms with E-state index in [0.717, 1.165) is 29.8 Å². The smallest absolute Gasteiger partial charge is 0.287 e. The first-order chi connectivity index (χ1) is 13.0. The van der Waals surface area contributed by atoms with Crippen molar-refractivity contribution < 1.29 is 13.6 Å². The Kier molecular flexibility index (Phi) is 6.19. The van der Waals surface area contributed by atoms with Crippen LogP contribution in [-0.2, 0) is 13.0 Å². The van der Waals surface area contributed by atoms with Crippen LogP contribution in [0.4, 0.5) is 4.39 Å². The van der Waals surface area contributed by atoms with Crippen LogP contribution in [0, 0.1) is 5.82 Å². The average Bonchev–Trinajstić information content (AvgIpc) is 3.28. The summed E-state index contributed by atoms with van der Waals surface area (Å²) in [4.78, 5) is 17.5. The van der Waals surface area contributed by atoms with Crippen molar-refractivity contribution in [1.29, 1.82) is 0 Å². The lowest BCUT2D eigenvalue weighted by molar-refractivity contribution is 0.0923. The molecule has 0 aliphatic rings. The van der Waals surface area contributed by atoms with Gasteiger partial charge in [0, 0.05) is 23.6 Å². The number of rotatable bonds is 8. The zero-order valence-electron chi connectivity index (χ0n) is 15.4. The van der Waals surface area contributed by atoms with Crippen LogP contribution in [0.2, 0.25) is 5.02 Å². The van der Waals surface area contributed by atoms with Crippen molar-refractivity contribution in [3.63, 3.8) is 0 Å². The fraction of sp³-hybridized carbons (Fsp3) is 0.350. The summed E-state index contributed by atoms with van der Waals surface area (Å²) in [6.45, 7) is 7.16. The minimum Gasteiger partial charge on any atom is -0.455 e. The van der Waals surface area contributed by atoms with Crippen molar-refractivity contribution in [2.24, 2.45) is 0 Å². The number of amides is 1. The number of carbonyl (C=O) groups is 1. The molecule has 144 valence electrons. The van der Waals surface area contributed by atoms with E-state index >= 15 is 0 Å². The largest absolute Gasteiger partial charge is 0.455 e. The third-order valence-electron chi connectivity index (χ3n) is 4.65. The minimum atomic E-state index is -0.454. The molecule has 0 aliphatic heterocycles. The molecule has 0 fully saturated rings. The molecule has 7 heteroatoms. The molecular formula is C20H23ClFN3O2. The van der Waals surface area contributed by atoms with Crippen molar-refractivity contribution in [2.75, 3.05) is 19.6 Å². The van der Waals surface area contributed by atoms with E-state index in [4.69, 9.17) is 16.0 Å². The van der Waals surface area contributed by atoms with E-state index in [2.05, 4.69) is 29.0 Å². The van der Waals surface area contributed by atoms with E-state index in [0.29, 0.717) is 30.8 Å². The van der Waals surface area contributed by atoms with E-state index in [-0.39, 0.29) is 10.9 Å². The number of nitrogens with zero attached hydrogens (tertiary/aromatic N) is 1. The van der Waals surface area contributed by atoms with E-state index in [9.17, 15) is 9.18 Å². The molecule has 0 saturated carbocycles. The zero-order valence-corrected chi connectivity index (χ0v) is 16.2. The maximum atomic E-state index is 13.5. The Morgan fingerprint density at radius 3 is 2.81 bits per heavy atom. The van der Waals surface area contributed by atoms with E-state index in [1.807, 2.05) is 12.3 Å². The Balaban J connectivity index is 1.57. The van der Waals surface area contributed by atoms with Crippen LogP contribution in [-0.4, -0.2) is 35.4 Å². The van der Waals surface area contributed by atoms with Crippen molar-refractivity contribution in [2.45, 2.75) is 26.8 Å². The van der Waals surface area contributed by atoms with Crippen LogP contribution in [0.5, 0.6) is 0 Å². The lowest BCUT2D eigenvalue weighted by Crippen LogP contribution is -2.25. The summed E-state index contributed by atoms with van der Waals surface area (Å²) in [5.74, 6) is 0.382. The third kappa shape index (κ3) is 4.51. The summed E-state index contributed by atoms with van der Waals surface area (Å²) in [5.41, 5.74) is 1.65. The summed E-state index contributed by atoms with van der Waals surface area (Å²) in [6.07, 6.45) is 2.41. The van der Waals surface area contributed by atoms with Gasteiger partial charge in [-0.15, -0.1) is 0 Å². The summed E-state index contributed by atoms with van der Waals surface area (Å²) >= 11 is 5.87. The second-order valence-corrected chi connectivity index (χ2v) is 6.77. The van der Waals surface area contributed by atoms with Gasteiger partial charge in [0.15, 0.2) is 5.76 Å². The monoisotopic (exact) mass is 391 g/mol. The molecule has 0 radical (unpaired) electrons. The zero-order chi connectivity index (χ0) is 19.4. The molecule has 0 atom stereocenters.